The molecule has 1 amide bonds. The lowest BCUT2D eigenvalue weighted by atomic mass is 9.83. The molecule has 4 rings (SSSR count). The second-order valence-electron chi connectivity index (χ2n) is 8.92. The number of carbonyl (C=O) groups excluding carboxylic acids is 1. The van der Waals surface area contributed by atoms with Crippen LogP contribution in [0.1, 0.15) is 57.0 Å². The summed E-state index contributed by atoms with van der Waals surface area (Å²) in [7, 11) is 0. The molecule has 0 aliphatic carbocycles. The van der Waals surface area contributed by atoms with Gasteiger partial charge >= 0.3 is 0 Å². The summed E-state index contributed by atoms with van der Waals surface area (Å²) in [6.07, 6.45) is 3.99. The van der Waals surface area contributed by atoms with E-state index in [9.17, 15) is 4.79 Å². The predicted molar refractivity (Wildman–Crippen MR) is 111 cm³/mol. The average molecular weight is 397 g/mol. The molecule has 0 spiro atoms. The molecule has 0 N–H and O–H groups in total. The highest BCUT2D eigenvalue weighted by Crippen LogP contribution is 2.39. The summed E-state index contributed by atoms with van der Waals surface area (Å²) in [4.78, 5) is 16.8. The van der Waals surface area contributed by atoms with Crippen LogP contribution in [0.5, 0.6) is 0 Å². The van der Waals surface area contributed by atoms with Crippen molar-refractivity contribution in [3.63, 3.8) is 0 Å². The zero-order valence-electron chi connectivity index (χ0n) is 17.8. The number of hydrogen-bond acceptors (Lipinski definition) is 5. The standard InChI is InChI=1S/C22H32N6O/c1-17(2)9-14-28-21(23-24-25-28)22(11-6-12-26(16-22)18(3)29)27-13-10-19-7-4-5-8-20(19)15-27/h4-5,7-8,17H,6,9-16H2,1-3H3. The van der Waals surface area contributed by atoms with Gasteiger partial charge in [-0.2, -0.15) is 0 Å². The Balaban J connectivity index is 1.72. The minimum atomic E-state index is -0.335. The minimum Gasteiger partial charge on any atom is -0.341 e. The normalized spacial score (nSPS) is 22.7. The van der Waals surface area contributed by atoms with E-state index in [-0.39, 0.29) is 11.4 Å². The number of carbonyl (C=O) groups is 1. The van der Waals surface area contributed by atoms with Crippen LogP contribution < -0.4 is 0 Å². The molecule has 1 unspecified atom stereocenters. The van der Waals surface area contributed by atoms with E-state index in [1.165, 1.54) is 11.1 Å². The van der Waals surface area contributed by atoms with E-state index in [0.29, 0.717) is 12.5 Å². The van der Waals surface area contributed by atoms with E-state index < -0.39 is 0 Å². The Morgan fingerprint density at radius 3 is 2.76 bits per heavy atom. The molecule has 2 aromatic rings. The summed E-state index contributed by atoms with van der Waals surface area (Å²) in [6, 6.07) is 8.69. The van der Waals surface area contributed by atoms with Gasteiger partial charge in [0.15, 0.2) is 5.82 Å². The Hall–Kier alpha value is -2.28. The molecule has 1 atom stereocenters. The average Bonchev–Trinajstić information content (AvgIpc) is 3.21. The lowest BCUT2D eigenvalue weighted by Gasteiger charge is -2.49. The van der Waals surface area contributed by atoms with Crippen LogP contribution in [-0.4, -0.2) is 55.5 Å². The Kier molecular flexibility index (Phi) is 5.67. The Labute approximate surface area is 173 Å². The van der Waals surface area contributed by atoms with Gasteiger partial charge in [-0.3, -0.25) is 9.69 Å². The van der Waals surface area contributed by atoms with Gasteiger partial charge in [-0.15, -0.1) is 5.10 Å². The number of fused-ring (bicyclic) bond motifs is 1. The monoisotopic (exact) mass is 396 g/mol. The Morgan fingerprint density at radius 2 is 2.00 bits per heavy atom. The molecular weight excluding hydrogens is 364 g/mol. The van der Waals surface area contributed by atoms with E-state index in [1.807, 2.05) is 9.58 Å². The topological polar surface area (TPSA) is 67.2 Å². The van der Waals surface area contributed by atoms with Gasteiger partial charge in [0.05, 0.1) is 0 Å². The van der Waals surface area contributed by atoms with Crippen molar-refractivity contribution in [2.24, 2.45) is 5.92 Å². The van der Waals surface area contributed by atoms with Crippen molar-refractivity contribution in [3.05, 3.63) is 41.2 Å². The predicted octanol–water partition coefficient (Wildman–Crippen LogP) is 2.62. The van der Waals surface area contributed by atoms with Crippen LogP contribution in [0.2, 0.25) is 0 Å². The maximum Gasteiger partial charge on any atom is 0.219 e. The fraction of sp³-hybridized carbons (Fsp3) is 0.636. The summed E-state index contributed by atoms with van der Waals surface area (Å²) in [5, 5.41) is 12.9. The zero-order chi connectivity index (χ0) is 20.4. The van der Waals surface area contributed by atoms with E-state index in [0.717, 1.165) is 57.7 Å². The first-order valence-corrected chi connectivity index (χ1v) is 10.8. The Bertz CT molecular complexity index is 862. The fourth-order valence-electron chi connectivity index (χ4n) is 4.82. The van der Waals surface area contributed by atoms with E-state index in [4.69, 9.17) is 0 Å². The van der Waals surface area contributed by atoms with Crippen LogP contribution in [0.25, 0.3) is 0 Å². The first-order valence-electron chi connectivity index (χ1n) is 10.8. The number of likely N-dealkylation sites (tertiary alicyclic amines) is 1. The van der Waals surface area contributed by atoms with Gasteiger partial charge in [-0.05, 0) is 53.2 Å². The number of hydrogen-bond donors (Lipinski definition) is 0. The zero-order valence-corrected chi connectivity index (χ0v) is 17.8. The maximum atomic E-state index is 12.3. The lowest BCUT2D eigenvalue weighted by Crippen LogP contribution is -2.59. The molecule has 0 radical (unpaired) electrons. The van der Waals surface area contributed by atoms with Gasteiger partial charge < -0.3 is 4.90 Å². The highest BCUT2D eigenvalue weighted by Gasteiger charge is 2.47. The minimum absolute atomic E-state index is 0.132. The molecule has 3 heterocycles. The number of piperidine rings is 1. The molecule has 2 aliphatic rings. The van der Waals surface area contributed by atoms with Crippen molar-refractivity contribution in [2.45, 2.75) is 65.1 Å². The van der Waals surface area contributed by atoms with Crippen molar-refractivity contribution in [1.29, 1.82) is 0 Å². The smallest absolute Gasteiger partial charge is 0.219 e. The molecule has 156 valence electrons. The first-order chi connectivity index (χ1) is 14.0. The molecular formula is C22H32N6O. The molecule has 1 aromatic heterocycles. The molecule has 0 bridgehead atoms. The highest BCUT2D eigenvalue weighted by atomic mass is 16.2. The third kappa shape index (κ3) is 3.92. The number of aromatic nitrogens is 4. The van der Waals surface area contributed by atoms with Gasteiger partial charge in [0, 0.05) is 39.6 Å². The van der Waals surface area contributed by atoms with E-state index in [1.54, 1.807) is 6.92 Å². The lowest BCUT2D eigenvalue weighted by molar-refractivity contribution is -0.134. The number of aryl methyl sites for hydroxylation is 1. The highest BCUT2D eigenvalue weighted by molar-refractivity contribution is 5.73. The van der Waals surface area contributed by atoms with Crippen LogP contribution in [0.15, 0.2) is 24.3 Å². The number of nitrogens with zero attached hydrogens (tertiary/aromatic N) is 6. The molecule has 29 heavy (non-hydrogen) atoms. The number of rotatable bonds is 5. The molecule has 7 nitrogen and oxygen atoms in total. The van der Waals surface area contributed by atoms with Crippen molar-refractivity contribution in [1.82, 2.24) is 30.0 Å². The van der Waals surface area contributed by atoms with Crippen LogP contribution in [-0.2, 0) is 29.8 Å². The van der Waals surface area contributed by atoms with Crippen molar-refractivity contribution >= 4 is 5.91 Å². The van der Waals surface area contributed by atoms with Gasteiger partial charge in [0.25, 0.3) is 0 Å². The third-order valence-corrected chi connectivity index (χ3v) is 6.52. The molecule has 2 aliphatic heterocycles. The van der Waals surface area contributed by atoms with Crippen LogP contribution >= 0.6 is 0 Å². The number of amides is 1. The van der Waals surface area contributed by atoms with Gasteiger partial charge in [0.2, 0.25) is 5.91 Å². The maximum absolute atomic E-state index is 12.3. The van der Waals surface area contributed by atoms with E-state index >= 15 is 0 Å². The summed E-state index contributed by atoms with van der Waals surface area (Å²) in [6.45, 7) is 10.2. The fourth-order valence-corrected chi connectivity index (χ4v) is 4.82. The summed E-state index contributed by atoms with van der Waals surface area (Å²) >= 11 is 0. The summed E-state index contributed by atoms with van der Waals surface area (Å²) < 4.78 is 1.99. The van der Waals surface area contributed by atoms with Gasteiger partial charge in [0.1, 0.15) is 5.54 Å². The third-order valence-electron chi connectivity index (χ3n) is 6.52. The van der Waals surface area contributed by atoms with E-state index in [2.05, 4.69) is 58.5 Å². The molecule has 1 fully saturated rings. The van der Waals surface area contributed by atoms with Crippen LogP contribution in [0.3, 0.4) is 0 Å². The van der Waals surface area contributed by atoms with Crippen molar-refractivity contribution < 1.29 is 4.79 Å². The van der Waals surface area contributed by atoms with Gasteiger partial charge in [-0.1, -0.05) is 38.1 Å². The van der Waals surface area contributed by atoms with Gasteiger partial charge in [-0.25, -0.2) is 4.68 Å². The molecule has 0 saturated carbocycles. The number of benzene rings is 1. The quantitative estimate of drug-likeness (QED) is 0.777. The van der Waals surface area contributed by atoms with Crippen LogP contribution in [0, 0.1) is 5.92 Å². The SMILES string of the molecule is CC(=O)N1CCCC(c2nnnn2CCC(C)C)(N2CCc3ccccc3C2)C1. The second-order valence-corrected chi connectivity index (χ2v) is 8.92. The first kappa shape index (κ1) is 20.0. The summed E-state index contributed by atoms with van der Waals surface area (Å²) in [5.74, 6) is 1.64. The largest absolute Gasteiger partial charge is 0.341 e. The Morgan fingerprint density at radius 1 is 1.21 bits per heavy atom. The molecule has 1 aromatic carbocycles. The second kappa shape index (κ2) is 8.22. The number of tetrazole rings is 1. The summed E-state index contributed by atoms with van der Waals surface area (Å²) in [5.41, 5.74) is 2.47. The van der Waals surface area contributed by atoms with Crippen molar-refractivity contribution in [2.75, 3.05) is 19.6 Å². The van der Waals surface area contributed by atoms with Crippen LogP contribution in [0.4, 0.5) is 0 Å². The molecule has 1 saturated heterocycles. The molecule has 7 heteroatoms. The van der Waals surface area contributed by atoms with Crippen molar-refractivity contribution in [3.8, 4) is 0 Å².